The maximum Gasteiger partial charge on any atom is 0.347 e. The van der Waals surface area contributed by atoms with E-state index in [1.54, 1.807) is 0 Å². The maximum atomic E-state index is 13.6. The van der Waals surface area contributed by atoms with Crippen molar-refractivity contribution >= 4 is 34.9 Å². The number of benzene rings is 4. The van der Waals surface area contributed by atoms with Crippen molar-refractivity contribution in [3.63, 3.8) is 0 Å². The Morgan fingerprint density at radius 1 is 0.743 bits per heavy atom. The molecule has 5 aromatic rings. The van der Waals surface area contributed by atoms with Crippen LogP contribution < -0.4 is 11.0 Å². The standard InChI is InChI=1S/C27H19N5O2S/c33-23-27(19-12-3-1-4-13-19,20-14-5-2-6-15-20)29-24(28-23)32-26(35)31(25(34)30-32)22-17-9-11-18-10-7-8-16-21(18)22/h1-17H,(H,30,34)(H,28,29,33). The third-order valence-corrected chi connectivity index (χ3v) is 6.59. The summed E-state index contributed by atoms with van der Waals surface area (Å²) in [6.07, 6.45) is 0. The van der Waals surface area contributed by atoms with Crippen LogP contribution >= 0.6 is 12.2 Å². The van der Waals surface area contributed by atoms with Gasteiger partial charge in [0.25, 0.3) is 5.91 Å². The van der Waals surface area contributed by atoms with Gasteiger partial charge in [0.05, 0.1) is 5.69 Å². The Bertz CT molecular complexity index is 1690. The Morgan fingerprint density at radius 3 is 2.03 bits per heavy atom. The summed E-state index contributed by atoms with van der Waals surface area (Å²) >= 11 is 5.70. The predicted octanol–water partition coefficient (Wildman–Crippen LogP) is 4.13. The minimum atomic E-state index is -1.31. The highest BCUT2D eigenvalue weighted by atomic mass is 32.1. The second-order valence-electron chi connectivity index (χ2n) is 8.20. The Hall–Kier alpha value is -4.56. The number of hydrogen-bond donors (Lipinski definition) is 2. The van der Waals surface area contributed by atoms with E-state index >= 15 is 0 Å². The molecule has 1 aliphatic rings. The fourth-order valence-electron chi connectivity index (χ4n) is 4.59. The van der Waals surface area contributed by atoms with Gasteiger partial charge in [0.2, 0.25) is 10.7 Å². The van der Waals surface area contributed by atoms with E-state index in [4.69, 9.17) is 17.2 Å². The van der Waals surface area contributed by atoms with E-state index in [-0.39, 0.29) is 16.6 Å². The highest BCUT2D eigenvalue weighted by Gasteiger charge is 2.47. The normalized spacial score (nSPS) is 14.6. The molecule has 0 spiro atoms. The molecule has 1 aromatic heterocycles. The Morgan fingerprint density at radius 2 is 1.34 bits per heavy atom. The lowest BCUT2D eigenvalue weighted by Gasteiger charge is -2.24. The third kappa shape index (κ3) is 3.18. The van der Waals surface area contributed by atoms with Crippen molar-refractivity contribution in [2.45, 2.75) is 5.54 Å². The molecule has 8 heteroatoms. The number of hydrogen-bond acceptors (Lipinski definition) is 4. The average molecular weight is 478 g/mol. The van der Waals surface area contributed by atoms with E-state index in [1.165, 1.54) is 9.25 Å². The van der Waals surface area contributed by atoms with Crippen LogP contribution in [0.5, 0.6) is 0 Å². The van der Waals surface area contributed by atoms with Crippen molar-refractivity contribution < 1.29 is 4.79 Å². The number of aromatic amines is 1. The highest BCUT2D eigenvalue weighted by Crippen LogP contribution is 2.37. The van der Waals surface area contributed by atoms with E-state index in [0.717, 1.165) is 10.8 Å². The van der Waals surface area contributed by atoms with Gasteiger partial charge in [0.1, 0.15) is 0 Å². The number of aromatic nitrogens is 3. The van der Waals surface area contributed by atoms with Crippen molar-refractivity contribution in [1.29, 1.82) is 0 Å². The molecule has 4 aromatic carbocycles. The van der Waals surface area contributed by atoms with Crippen molar-refractivity contribution in [3.8, 4) is 5.69 Å². The van der Waals surface area contributed by atoms with Gasteiger partial charge >= 0.3 is 5.69 Å². The zero-order chi connectivity index (χ0) is 24.0. The summed E-state index contributed by atoms with van der Waals surface area (Å²) in [5.74, 6) is -0.172. The van der Waals surface area contributed by atoms with Gasteiger partial charge in [0, 0.05) is 5.39 Å². The van der Waals surface area contributed by atoms with Gasteiger partial charge in [-0.1, -0.05) is 97.1 Å². The first-order valence-corrected chi connectivity index (χ1v) is 11.5. The van der Waals surface area contributed by atoms with Crippen LogP contribution in [0, 0.1) is 4.77 Å². The quantitative estimate of drug-likeness (QED) is 0.383. The average Bonchev–Trinajstić information content (AvgIpc) is 3.40. The summed E-state index contributed by atoms with van der Waals surface area (Å²) in [4.78, 5) is 31.5. The molecular weight excluding hydrogens is 458 g/mol. The molecule has 35 heavy (non-hydrogen) atoms. The fourth-order valence-corrected chi connectivity index (χ4v) is 4.91. The Balaban J connectivity index is 1.56. The zero-order valence-electron chi connectivity index (χ0n) is 18.4. The molecule has 6 rings (SSSR count). The van der Waals surface area contributed by atoms with E-state index < -0.39 is 11.2 Å². The fraction of sp³-hybridized carbons (Fsp3) is 0.0370. The van der Waals surface area contributed by atoms with Gasteiger partial charge in [-0.25, -0.2) is 19.5 Å². The van der Waals surface area contributed by atoms with Gasteiger partial charge in [-0.15, -0.1) is 0 Å². The zero-order valence-corrected chi connectivity index (χ0v) is 19.2. The van der Waals surface area contributed by atoms with Crippen LogP contribution in [0.25, 0.3) is 16.5 Å². The molecule has 0 bridgehead atoms. The number of nitrogens with zero attached hydrogens (tertiary/aromatic N) is 3. The molecule has 0 fully saturated rings. The Kier molecular flexibility index (Phi) is 4.82. The largest absolute Gasteiger partial charge is 0.347 e. The number of amides is 1. The smallest absolute Gasteiger partial charge is 0.292 e. The van der Waals surface area contributed by atoms with E-state index in [9.17, 15) is 9.59 Å². The van der Waals surface area contributed by atoms with E-state index in [2.05, 4.69) is 10.4 Å². The van der Waals surface area contributed by atoms with Crippen LogP contribution in [0.2, 0.25) is 0 Å². The Labute approximate surface area is 205 Å². The van der Waals surface area contributed by atoms with Gasteiger partial charge in [-0.2, -0.15) is 4.68 Å². The summed E-state index contributed by atoms with van der Waals surface area (Å²) < 4.78 is 2.94. The lowest BCUT2D eigenvalue weighted by Crippen LogP contribution is -2.39. The first-order valence-electron chi connectivity index (χ1n) is 11.0. The molecular formula is C27H19N5O2S. The molecule has 0 saturated heterocycles. The molecule has 170 valence electrons. The number of rotatable bonds is 3. The molecule has 2 N–H and O–H groups in total. The van der Waals surface area contributed by atoms with Crippen LogP contribution in [0.1, 0.15) is 11.1 Å². The molecule has 1 aliphatic heterocycles. The first-order chi connectivity index (χ1) is 17.1. The topological polar surface area (TPSA) is 84.2 Å². The lowest BCUT2D eigenvalue weighted by atomic mass is 9.83. The number of nitrogens with one attached hydrogen (secondary N) is 2. The molecule has 0 radical (unpaired) electrons. The SMILES string of the molecule is O=C1NC(n2[nH]c(=O)n(-c3cccc4ccccc34)c2=S)=NC1(c1ccccc1)c1ccccc1. The number of carbonyl (C=O) groups excluding carboxylic acids is 1. The summed E-state index contributed by atoms with van der Waals surface area (Å²) in [6.45, 7) is 0. The maximum absolute atomic E-state index is 13.6. The summed E-state index contributed by atoms with van der Waals surface area (Å²) in [6, 6.07) is 32.1. The summed E-state index contributed by atoms with van der Waals surface area (Å²) in [5.41, 5.74) is 0.322. The van der Waals surface area contributed by atoms with Crippen LogP contribution in [-0.4, -0.2) is 26.2 Å². The first kappa shape index (κ1) is 21.0. The van der Waals surface area contributed by atoms with Crippen molar-refractivity contribution in [3.05, 3.63) is 130 Å². The molecule has 0 unspecified atom stereocenters. The number of carbonyl (C=O) groups is 1. The number of fused-ring (bicyclic) bond motifs is 1. The third-order valence-electron chi connectivity index (χ3n) is 6.22. The second kappa shape index (κ2) is 8.03. The van der Waals surface area contributed by atoms with E-state index in [1.807, 2.05) is 103 Å². The molecule has 0 saturated carbocycles. The summed E-state index contributed by atoms with van der Waals surface area (Å²) in [7, 11) is 0. The van der Waals surface area contributed by atoms with Crippen molar-refractivity contribution in [2.75, 3.05) is 0 Å². The minimum Gasteiger partial charge on any atom is -0.292 e. The molecule has 0 aliphatic carbocycles. The van der Waals surface area contributed by atoms with Crippen LogP contribution in [-0.2, 0) is 10.3 Å². The van der Waals surface area contributed by atoms with Gasteiger partial charge < -0.3 is 0 Å². The minimum absolute atomic E-state index is 0.156. The predicted molar refractivity (Wildman–Crippen MR) is 137 cm³/mol. The molecule has 7 nitrogen and oxygen atoms in total. The number of aliphatic imine (C=N–C) groups is 1. The monoisotopic (exact) mass is 477 g/mol. The van der Waals surface area contributed by atoms with E-state index in [0.29, 0.717) is 16.8 Å². The van der Waals surface area contributed by atoms with Crippen LogP contribution in [0.15, 0.2) is 113 Å². The number of H-pyrrole nitrogens is 1. The molecule has 0 atom stereocenters. The van der Waals surface area contributed by atoms with Gasteiger partial charge in [-0.05, 0) is 34.8 Å². The van der Waals surface area contributed by atoms with Crippen LogP contribution in [0.4, 0.5) is 0 Å². The highest BCUT2D eigenvalue weighted by molar-refractivity contribution is 7.71. The molecule has 2 heterocycles. The van der Waals surface area contributed by atoms with Gasteiger partial charge in [-0.3, -0.25) is 10.1 Å². The van der Waals surface area contributed by atoms with Crippen molar-refractivity contribution in [1.82, 2.24) is 19.7 Å². The van der Waals surface area contributed by atoms with Gasteiger partial charge in [0.15, 0.2) is 5.54 Å². The second-order valence-corrected chi connectivity index (χ2v) is 8.57. The van der Waals surface area contributed by atoms with Crippen LogP contribution in [0.3, 0.4) is 0 Å². The summed E-state index contributed by atoms with van der Waals surface area (Å²) in [5, 5.41) is 7.47. The molecule has 1 amide bonds. The lowest BCUT2D eigenvalue weighted by molar-refractivity contribution is -0.122. The van der Waals surface area contributed by atoms with Crippen molar-refractivity contribution in [2.24, 2.45) is 4.99 Å².